The maximum Gasteiger partial charge on any atom is 0.346 e. The molecule has 4 aromatic rings. The zero-order chi connectivity index (χ0) is 23.9. The summed E-state index contributed by atoms with van der Waals surface area (Å²) in [6.45, 7) is 7.73. The minimum atomic E-state index is -0.0101. The third kappa shape index (κ3) is 5.68. The van der Waals surface area contributed by atoms with Crippen molar-refractivity contribution in [3.63, 3.8) is 0 Å². The quantitative estimate of drug-likeness (QED) is 0.328. The molecule has 2 heterocycles. The van der Waals surface area contributed by atoms with Crippen LogP contribution in [0.25, 0.3) is 22.5 Å². The van der Waals surface area contributed by atoms with Crippen LogP contribution in [0.4, 0.5) is 0 Å². The zero-order valence-electron chi connectivity index (χ0n) is 20.2. The first kappa shape index (κ1) is 23.6. The smallest absolute Gasteiger partial charge is 0.274 e. The number of aryl methyl sites for hydroxylation is 2. The van der Waals surface area contributed by atoms with E-state index in [4.69, 9.17) is 5.10 Å². The highest BCUT2D eigenvalue weighted by molar-refractivity contribution is 5.70. The molecule has 0 saturated carbocycles. The lowest BCUT2D eigenvalue weighted by Crippen LogP contribution is -2.26. The standard InChI is InChI=1S/C26H33N7O/c1-4-5-6-10-24-29-33(16-15-19(2)3)26(34)32(24)18-20-11-13-21(14-12-20)22-8-7-9-23(17-22)25-27-30-31-28-25/h7-9,11-14,17,19H,4-6,10,15-16,18H2,1-3H3,(H,27,28,30,31). The van der Waals surface area contributed by atoms with E-state index in [0.717, 1.165) is 60.2 Å². The van der Waals surface area contributed by atoms with Crippen molar-refractivity contribution in [2.75, 3.05) is 0 Å². The summed E-state index contributed by atoms with van der Waals surface area (Å²) in [6, 6.07) is 16.4. The molecule has 2 aromatic heterocycles. The molecule has 0 atom stereocenters. The van der Waals surface area contributed by atoms with E-state index in [0.29, 0.717) is 24.8 Å². The molecule has 0 aliphatic heterocycles. The number of unbranched alkanes of at least 4 members (excludes halogenated alkanes) is 2. The zero-order valence-corrected chi connectivity index (χ0v) is 20.2. The summed E-state index contributed by atoms with van der Waals surface area (Å²) in [5, 5.41) is 19.0. The molecule has 0 bridgehead atoms. The van der Waals surface area contributed by atoms with E-state index in [-0.39, 0.29) is 5.69 Å². The molecule has 2 aromatic carbocycles. The largest absolute Gasteiger partial charge is 0.346 e. The summed E-state index contributed by atoms with van der Waals surface area (Å²) in [5.41, 5.74) is 4.15. The van der Waals surface area contributed by atoms with Crippen molar-refractivity contribution >= 4 is 0 Å². The Hall–Kier alpha value is -3.55. The molecule has 0 fully saturated rings. The summed E-state index contributed by atoms with van der Waals surface area (Å²) in [4.78, 5) is 13.1. The lowest BCUT2D eigenvalue weighted by Gasteiger charge is -2.08. The van der Waals surface area contributed by atoms with Crippen molar-refractivity contribution < 1.29 is 0 Å². The van der Waals surface area contributed by atoms with Crippen LogP contribution in [0.3, 0.4) is 0 Å². The Morgan fingerprint density at radius 3 is 2.50 bits per heavy atom. The molecule has 4 rings (SSSR count). The number of aromatic nitrogens is 7. The molecular weight excluding hydrogens is 426 g/mol. The first-order valence-electron chi connectivity index (χ1n) is 12.1. The topological polar surface area (TPSA) is 94.3 Å². The van der Waals surface area contributed by atoms with Gasteiger partial charge in [0.15, 0.2) is 0 Å². The molecule has 0 unspecified atom stereocenters. The summed E-state index contributed by atoms with van der Waals surface area (Å²) >= 11 is 0. The van der Waals surface area contributed by atoms with Gasteiger partial charge in [0.1, 0.15) is 5.82 Å². The summed E-state index contributed by atoms with van der Waals surface area (Å²) in [6.07, 6.45) is 5.12. The van der Waals surface area contributed by atoms with Crippen LogP contribution in [0.5, 0.6) is 0 Å². The van der Waals surface area contributed by atoms with Gasteiger partial charge < -0.3 is 0 Å². The number of aromatic amines is 1. The van der Waals surface area contributed by atoms with Crippen molar-refractivity contribution in [1.82, 2.24) is 35.0 Å². The Morgan fingerprint density at radius 2 is 1.79 bits per heavy atom. The second-order valence-corrected chi connectivity index (χ2v) is 9.16. The van der Waals surface area contributed by atoms with Gasteiger partial charge >= 0.3 is 5.69 Å². The van der Waals surface area contributed by atoms with Crippen LogP contribution in [0.1, 0.15) is 57.8 Å². The van der Waals surface area contributed by atoms with E-state index < -0.39 is 0 Å². The molecule has 34 heavy (non-hydrogen) atoms. The predicted octanol–water partition coefficient (Wildman–Crippen LogP) is 4.72. The van der Waals surface area contributed by atoms with Crippen LogP contribution in [-0.2, 0) is 19.5 Å². The molecule has 0 aliphatic rings. The number of H-pyrrole nitrogens is 1. The average molecular weight is 460 g/mol. The molecule has 178 valence electrons. The van der Waals surface area contributed by atoms with Crippen molar-refractivity contribution in [3.8, 4) is 22.5 Å². The Morgan fingerprint density at radius 1 is 1.00 bits per heavy atom. The fourth-order valence-electron chi connectivity index (χ4n) is 4.00. The number of benzene rings is 2. The number of nitrogens with zero attached hydrogens (tertiary/aromatic N) is 6. The second kappa shape index (κ2) is 11.0. The number of tetrazole rings is 1. The number of rotatable bonds is 11. The van der Waals surface area contributed by atoms with Gasteiger partial charge in [0.2, 0.25) is 5.82 Å². The van der Waals surface area contributed by atoms with E-state index in [1.165, 1.54) is 0 Å². The number of nitrogens with one attached hydrogen (secondary N) is 1. The number of hydrogen-bond donors (Lipinski definition) is 1. The van der Waals surface area contributed by atoms with Crippen molar-refractivity contribution in [2.24, 2.45) is 5.92 Å². The van der Waals surface area contributed by atoms with E-state index in [9.17, 15) is 4.79 Å². The van der Waals surface area contributed by atoms with Gasteiger partial charge in [0.25, 0.3) is 0 Å². The van der Waals surface area contributed by atoms with Crippen LogP contribution in [0.2, 0.25) is 0 Å². The maximum atomic E-state index is 13.1. The highest BCUT2D eigenvalue weighted by Gasteiger charge is 2.14. The fourth-order valence-corrected chi connectivity index (χ4v) is 4.00. The third-order valence-corrected chi connectivity index (χ3v) is 6.02. The van der Waals surface area contributed by atoms with Crippen LogP contribution < -0.4 is 5.69 Å². The summed E-state index contributed by atoms with van der Waals surface area (Å²) < 4.78 is 3.50. The van der Waals surface area contributed by atoms with Crippen molar-refractivity contribution in [3.05, 3.63) is 70.4 Å². The fraction of sp³-hybridized carbons (Fsp3) is 0.423. The minimum absolute atomic E-state index is 0.0101. The van der Waals surface area contributed by atoms with E-state index in [2.05, 4.69) is 77.8 Å². The normalized spacial score (nSPS) is 11.4. The SMILES string of the molecule is CCCCCc1nn(CCC(C)C)c(=O)n1Cc1ccc(-c2cccc(-c3nn[nH]n3)c2)cc1. The van der Waals surface area contributed by atoms with Crippen LogP contribution in [-0.4, -0.2) is 35.0 Å². The first-order chi connectivity index (χ1) is 16.5. The van der Waals surface area contributed by atoms with Gasteiger partial charge in [0.05, 0.1) is 6.54 Å². The lowest BCUT2D eigenvalue weighted by molar-refractivity contribution is 0.472. The molecule has 8 nitrogen and oxygen atoms in total. The lowest BCUT2D eigenvalue weighted by atomic mass is 10.0. The molecule has 0 spiro atoms. The van der Waals surface area contributed by atoms with Crippen LogP contribution >= 0.6 is 0 Å². The van der Waals surface area contributed by atoms with Crippen molar-refractivity contribution in [2.45, 2.75) is 66.0 Å². The summed E-state index contributed by atoms with van der Waals surface area (Å²) in [7, 11) is 0. The first-order valence-corrected chi connectivity index (χ1v) is 12.1. The third-order valence-electron chi connectivity index (χ3n) is 6.02. The summed E-state index contributed by atoms with van der Waals surface area (Å²) in [5.74, 6) is 1.99. The van der Waals surface area contributed by atoms with Gasteiger partial charge in [0, 0.05) is 18.5 Å². The van der Waals surface area contributed by atoms with E-state index in [1.807, 2.05) is 16.7 Å². The van der Waals surface area contributed by atoms with Crippen LogP contribution in [0.15, 0.2) is 53.3 Å². The number of hydrogen-bond acceptors (Lipinski definition) is 5. The highest BCUT2D eigenvalue weighted by Crippen LogP contribution is 2.24. The Balaban J connectivity index is 1.54. The van der Waals surface area contributed by atoms with Gasteiger partial charge in [-0.3, -0.25) is 4.57 Å². The van der Waals surface area contributed by atoms with Gasteiger partial charge in [-0.1, -0.05) is 76.1 Å². The molecule has 1 N–H and O–H groups in total. The minimum Gasteiger partial charge on any atom is -0.274 e. The average Bonchev–Trinajstić information content (AvgIpc) is 3.48. The molecule has 0 aliphatic carbocycles. The van der Waals surface area contributed by atoms with Crippen LogP contribution in [0, 0.1) is 5.92 Å². The van der Waals surface area contributed by atoms with Gasteiger partial charge in [-0.2, -0.15) is 10.3 Å². The van der Waals surface area contributed by atoms with Gasteiger partial charge in [-0.05, 0) is 46.7 Å². The van der Waals surface area contributed by atoms with Crippen molar-refractivity contribution in [1.29, 1.82) is 0 Å². The van der Waals surface area contributed by atoms with E-state index in [1.54, 1.807) is 4.68 Å². The Labute approximate surface area is 200 Å². The predicted molar refractivity (Wildman–Crippen MR) is 133 cm³/mol. The highest BCUT2D eigenvalue weighted by atomic mass is 16.2. The monoisotopic (exact) mass is 459 g/mol. The Bertz CT molecular complexity index is 1240. The maximum absolute atomic E-state index is 13.1. The molecule has 0 saturated heterocycles. The molecule has 0 radical (unpaired) electrons. The van der Waals surface area contributed by atoms with Gasteiger partial charge in [-0.25, -0.2) is 9.48 Å². The molecule has 8 heteroatoms. The Kier molecular flexibility index (Phi) is 7.67. The molecular formula is C26H33N7O. The van der Waals surface area contributed by atoms with Gasteiger partial charge in [-0.15, -0.1) is 10.2 Å². The second-order valence-electron chi connectivity index (χ2n) is 9.16. The van der Waals surface area contributed by atoms with E-state index >= 15 is 0 Å². The molecule has 0 amide bonds.